The summed E-state index contributed by atoms with van der Waals surface area (Å²) in [4.78, 5) is 75.7. The Morgan fingerprint density at radius 2 is 1.04 bits per heavy atom. The van der Waals surface area contributed by atoms with Gasteiger partial charge in [0, 0.05) is 88.0 Å². The summed E-state index contributed by atoms with van der Waals surface area (Å²) in [6.07, 6.45) is 5.02. The molecule has 10 rings (SSSR count). The predicted molar refractivity (Wildman–Crippen MR) is 314 cm³/mol. The summed E-state index contributed by atoms with van der Waals surface area (Å²) in [5, 5.41) is 24.2. The number of nitrogens with one attached hydrogen (secondary N) is 6. The first-order valence-electron chi connectivity index (χ1n) is 25.5. The van der Waals surface area contributed by atoms with Gasteiger partial charge in [-0.2, -0.15) is 0 Å². The zero-order valence-corrected chi connectivity index (χ0v) is 47.0. The quantitative estimate of drug-likeness (QED) is 0.0223. The molecule has 0 unspecified atom stereocenters. The van der Waals surface area contributed by atoms with E-state index in [-0.39, 0.29) is 35.4 Å². The van der Waals surface area contributed by atoms with Crippen LogP contribution in [0.5, 0.6) is 0 Å². The number of fused-ring (bicyclic) bond motifs is 4. The summed E-state index contributed by atoms with van der Waals surface area (Å²) >= 11 is 6.93. The Morgan fingerprint density at radius 1 is 0.595 bits per heavy atom. The van der Waals surface area contributed by atoms with Crippen LogP contribution in [0.25, 0.3) is 0 Å². The van der Waals surface area contributed by atoms with Crippen LogP contribution in [-0.4, -0.2) is 92.6 Å². The summed E-state index contributed by atoms with van der Waals surface area (Å²) in [5.74, 6) is 5.13. The molecule has 4 aliphatic heterocycles. The normalized spacial score (nSPS) is 12.8. The molecule has 4 heterocycles. The van der Waals surface area contributed by atoms with Crippen LogP contribution in [0.15, 0.2) is 140 Å². The summed E-state index contributed by atoms with van der Waals surface area (Å²) in [7, 11) is 0. The van der Waals surface area contributed by atoms with Gasteiger partial charge < -0.3 is 47.2 Å². The van der Waals surface area contributed by atoms with Gasteiger partial charge in [0.1, 0.15) is 0 Å². The minimum atomic E-state index is -0.738. The largest absolute Gasteiger partial charge is 0.454 e. The number of non-ortho nitro benzene ring substituents is 1. The van der Waals surface area contributed by atoms with Crippen molar-refractivity contribution in [1.29, 1.82) is 0 Å². The molecule has 6 aromatic rings. The summed E-state index contributed by atoms with van der Waals surface area (Å²) in [6, 6.07) is 44.0. The lowest BCUT2D eigenvalue weighted by Gasteiger charge is -2.16. The number of nitrogens with two attached hydrogens (primary N) is 2. The lowest BCUT2D eigenvalue weighted by atomic mass is 10.00. The van der Waals surface area contributed by atoms with Crippen molar-refractivity contribution in [2.45, 2.75) is 52.4 Å². The Kier molecular flexibility index (Phi) is 28.6. The first kappa shape index (κ1) is 63.6. The summed E-state index contributed by atoms with van der Waals surface area (Å²) < 4.78 is 10.0. The topological polar surface area (TPSA) is 288 Å². The lowest BCUT2D eigenvalue weighted by molar-refractivity contribution is -0.384. The smallest absolute Gasteiger partial charge is 0.407 e. The van der Waals surface area contributed by atoms with Gasteiger partial charge in [-0.25, -0.2) is 9.59 Å². The van der Waals surface area contributed by atoms with E-state index in [2.05, 4.69) is 71.5 Å². The molecule has 0 spiro atoms. The average Bonchev–Trinajstić information content (AvgIpc) is 3.48. The maximum absolute atomic E-state index is 11.4. The predicted octanol–water partition coefficient (Wildman–Crippen LogP) is 8.23. The third kappa shape index (κ3) is 22.9. The molecule has 10 N–H and O–H groups in total. The number of amides is 5. The number of hydrogen-bond acceptors (Lipinski definition) is 13. The second-order valence-electron chi connectivity index (χ2n) is 17.2. The number of benzene rings is 6. The van der Waals surface area contributed by atoms with Gasteiger partial charge in [-0.1, -0.05) is 97.1 Å². The molecular formula is C58H67ClIN9O10. The van der Waals surface area contributed by atoms with Crippen LogP contribution in [0.2, 0.25) is 0 Å². The number of nitrogens with zero attached hydrogens (tertiary/aromatic N) is 1. The zero-order chi connectivity index (χ0) is 57.4. The van der Waals surface area contributed by atoms with Crippen molar-refractivity contribution in [2.24, 2.45) is 11.6 Å². The Balaban J connectivity index is 0.000000201. The molecule has 5 amide bonds. The fourth-order valence-electron chi connectivity index (χ4n) is 7.83. The molecule has 79 heavy (non-hydrogen) atoms. The molecule has 0 fully saturated rings. The molecule has 0 aromatic heterocycles. The zero-order valence-electron chi connectivity index (χ0n) is 44.1. The van der Waals surface area contributed by atoms with Gasteiger partial charge >= 0.3 is 11.5 Å². The number of nitro benzene ring substituents is 1. The van der Waals surface area contributed by atoms with Crippen LogP contribution in [0.3, 0.4) is 0 Å². The number of nitrogen functional groups attached to an aromatic ring is 1. The highest BCUT2D eigenvalue weighted by molar-refractivity contribution is 14.1. The summed E-state index contributed by atoms with van der Waals surface area (Å²) in [5.41, 5.74) is 17.5. The fraction of sp³-hybridized carbons (Fsp3) is 0.276. The van der Waals surface area contributed by atoms with Gasteiger partial charge in [-0.3, -0.25) is 35.1 Å². The van der Waals surface area contributed by atoms with Crippen LogP contribution < -0.4 is 43.6 Å². The van der Waals surface area contributed by atoms with E-state index in [4.69, 9.17) is 27.9 Å². The maximum atomic E-state index is 11.4. The molecule has 19 nitrogen and oxygen atoms in total. The highest BCUT2D eigenvalue weighted by Gasteiger charge is 2.20. The van der Waals surface area contributed by atoms with E-state index in [1.807, 2.05) is 103 Å². The molecule has 0 aliphatic carbocycles. The number of ether oxygens (including phenoxy) is 2. The second-order valence-corrected chi connectivity index (χ2v) is 18.7. The van der Waals surface area contributed by atoms with E-state index in [0.29, 0.717) is 31.9 Å². The average molecular weight is 1210 g/mol. The molecule has 0 radical (unpaired) electrons. The molecule has 4 aliphatic rings. The number of nitro groups is 1. The van der Waals surface area contributed by atoms with Crippen molar-refractivity contribution in [2.75, 3.05) is 57.9 Å². The Bertz CT molecular complexity index is 2950. The van der Waals surface area contributed by atoms with Crippen molar-refractivity contribution < 1.29 is 43.2 Å². The van der Waals surface area contributed by atoms with Gasteiger partial charge in [0.25, 0.3) is 29.3 Å². The van der Waals surface area contributed by atoms with E-state index >= 15 is 0 Å². The highest BCUT2D eigenvalue weighted by Crippen LogP contribution is 2.21. The van der Waals surface area contributed by atoms with Crippen molar-refractivity contribution in [1.82, 2.24) is 26.6 Å². The molecule has 6 aromatic carbocycles. The van der Waals surface area contributed by atoms with E-state index in [9.17, 15) is 38.9 Å². The van der Waals surface area contributed by atoms with Gasteiger partial charge in [0.15, 0.2) is 0 Å². The molecular weight excluding hydrogens is 1150 g/mol. The number of rotatable bonds is 9. The first-order valence-corrected chi connectivity index (χ1v) is 27.0. The van der Waals surface area contributed by atoms with Crippen LogP contribution >= 0.6 is 34.2 Å². The number of anilines is 1. The number of hydrazine groups is 1. The maximum Gasteiger partial charge on any atom is 0.407 e. The standard InChI is InChI=1S/C11H15NO2.C9H8INO.C9H11N3O.C9H8N2O3.C9H9NO.C8H11N.C3H5ClO2/c1-2-14-11(13)12-9-8-10-6-4-3-5-7-10;10-7-2-1-6-3-4-11-9(12)8(6)5-7;10-12-7-2-1-6-3-4-11-9(13)8(6)5-7;12-9-8-5-7(11(13)14)2-1-6(8)3-4-10-9;11-9-8-4-2-1-3-7(8)5-6-10-9;9-7-6-8-4-2-1-3-5-8;1-2-6-3(4)5/h3-7H,2,8-9H2,1H3,(H,12,13);1-2,5H,3-4H2,(H,11,12);1-2,5,12H,3-4,10H2,(H,11,13);1-2,5H,3-4H2,(H,10,12);1-4H,5-6H2,(H,10,11);1-5H,6-7,9H2;2H2,1H3. The van der Waals surface area contributed by atoms with Crippen LogP contribution in [-0.2, 0) is 48.0 Å². The van der Waals surface area contributed by atoms with Crippen LogP contribution in [0.1, 0.15) is 88.7 Å². The summed E-state index contributed by atoms with van der Waals surface area (Å²) in [6.45, 7) is 8.47. The highest BCUT2D eigenvalue weighted by atomic mass is 127. The fourth-order valence-corrected chi connectivity index (χ4v) is 8.43. The van der Waals surface area contributed by atoms with Gasteiger partial charge in [0.05, 0.1) is 18.1 Å². The van der Waals surface area contributed by atoms with Gasteiger partial charge in [0.2, 0.25) is 0 Å². The second kappa shape index (κ2) is 35.5. The van der Waals surface area contributed by atoms with Crippen molar-refractivity contribution in [3.8, 4) is 0 Å². The third-order valence-corrected chi connectivity index (χ3v) is 12.5. The Labute approximate surface area is 478 Å². The first-order chi connectivity index (χ1) is 38.2. The van der Waals surface area contributed by atoms with Crippen molar-refractivity contribution in [3.05, 3.63) is 209 Å². The van der Waals surface area contributed by atoms with E-state index in [1.54, 1.807) is 26.0 Å². The molecule has 0 saturated carbocycles. The Hall–Kier alpha value is -7.92. The minimum absolute atomic E-state index is 0.0154. The number of halogens is 2. The SMILES string of the molecule is CCOC(=O)Cl.CCOC(=O)NCCc1ccccc1.NCCc1ccccc1.NNc1ccc2c(c1)C(=O)NCC2.O=C1NCCc2ccc(I)cc21.O=C1NCCc2ccc([N+](=O)[O-])cc21.O=C1NCCc2ccccc21. The van der Waals surface area contributed by atoms with Crippen LogP contribution in [0, 0.1) is 13.7 Å². The van der Waals surface area contributed by atoms with Crippen LogP contribution in [0.4, 0.5) is 21.0 Å². The number of carbonyl (C=O) groups excluding carboxylic acids is 6. The van der Waals surface area contributed by atoms with Gasteiger partial charge in [-0.05, 0) is 145 Å². The number of hydrogen-bond donors (Lipinski definition) is 8. The molecule has 0 saturated heterocycles. The van der Waals surface area contributed by atoms with Crippen molar-refractivity contribution in [3.63, 3.8) is 0 Å². The van der Waals surface area contributed by atoms with E-state index < -0.39 is 10.4 Å². The monoisotopic (exact) mass is 1210 g/mol. The molecule has 21 heteroatoms. The van der Waals surface area contributed by atoms with E-state index in [0.717, 1.165) is 107 Å². The minimum Gasteiger partial charge on any atom is -0.454 e. The third-order valence-electron chi connectivity index (χ3n) is 11.7. The van der Waals surface area contributed by atoms with Crippen molar-refractivity contribution >= 4 is 80.7 Å². The number of alkyl carbamates (subject to hydrolysis) is 1. The molecule has 0 atom stereocenters. The molecule has 418 valence electrons. The van der Waals surface area contributed by atoms with Gasteiger partial charge in [-0.15, -0.1) is 0 Å². The lowest BCUT2D eigenvalue weighted by Crippen LogP contribution is -2.31. The van der Waals surface area contributed by atoms with E-state index in [1.165, 1.54) is 28.8 Å². The Morgan fingerprint density at radius 3 is 1.51 bits per heavy atom. The number of carbonyl (C=O) groups is 6. The molecule has 0 bridgehead atoms.